The maximum Gasteiger partial charge on any atom is 0.335 e. The highest BCUT2D eigenvalue weighted by molar-refractivity contribution is 5.73. The minimum absolute atomic E-state index is 0.153. The molecule has 0 aromatic rings. The van der Waals surface area contributed by atoms with E-state index in [2.05, 4.69) is 86.8 Å². The van der Waals surface area contributed by atoms with Crippen LogP contribution in [-0.2, 0) is 33.3 Å². The Morgan fingerprint density at radius 2 is 1.07 bits per heavy atom. The number of ether oxygens (including phenoxy) is 4. The van der Waals surface area contributed by atoms with Crippen LogP contribution < -0.4 is 0 Å². The van der Waals surface area contributed by atoms with Crippen LogP contribution in [0, 0.1) is 0 Å². The van der Waals surface area contributed by atoms with Gasteiger partial charge < -0.3 is 39.4 Å². The van der Waals surface area contributed by atoms with Crippen molar-refractivity contribution in [1.29, 1.82) is 0 Å². The Morgan fingerprint density at radius 3 is 1.65 bits per heavy atom. The highest BCUT2D eigenvalue weighted by Crippen LogP contribution is 2.23. The zero-order chi connectivity index (χ0) is 40.4. The predicted molar refractivity (Wildman–Crippen MR) is 215 cm³/mol. The molecule has 1 aliphatic rings. The lowest BCUT2D eigenvalue weighted by Gasteiger charge is -2.38. The van der Waals surface area contributed by atoms with E-state index in [1.165, 1.54) is 12.8 Å². The summed E-state index contributed by atoms with van der Waals surface area (Å²) in [6.45, 7) is 3.58. The summed E-state index contributed by atoms with van der Waals surface area (Å²) in [5.74, 6) is -2.53. The smallest absolute Gasteiger partial charge is 0.335 e. The molecule has 0 amide bonds. The summed E-state index contributed by atoms with van der Waals surface area (Å²) in [5.41, 5.74) is 0. The lowest BCUT2D eigenvalue weighted by Crippen LogP contribution is -2.60. The van der Waals surface area contributed by atoms with Crippen molar-refractivity contribution in [3.8, 4) is 0 Å². The maximum atomic E-state index is 12.7. The van der Waals surface area contributed by atoms with E-state index in [0.29, 0.717) is 12.8 Å². The highest BCUT2D eigenvalue weighted by atomic mass is 16.7. The number of aliphatic carboxylic acids is 1. The van der Waals surface area contributed by atoms with Gasteiger partial charge in [0.05, 0.1) is 6.61 Å². The van der Waals surface area contributed by atoms with Crippen LogP contribution in [0.3, 0.4) is 0 Å². The van der Waals surface area contributed by atoms with Gasteiger partial charge in [-0.25, -0.2) is 4.79 Å². The normalized spacial score (nSPS) is 21.2. The highest BCUT2D eigenvalue weighted by Gasteiger charge is 2.47. The molecule has 11 heteroatoms. The van der Waals surface area contributed by atoms with Crippen molar-refractivity contribution in [3.05, 3.63) is 72.9 Å². The molecule has 0 aromatic heterocycles. The molecule has 0 bridgehead atoms. The Labute approximate surface area is 329 Å². The van der Waals surface area contributed by atoms with Gasteiger partial charge in [-0.05, 0) is 77.0 Å². The first-order chi connectivity index (χ1) is 26.7. The molecule has 1 heterocycles. The van der Waals surface area contributed by atoms with E-state index in [1.54, 1.807) is 0 Å². The molecule has 1 fully saturated rings. The number of esters is 2. The number of hydrogen-bond acceptors (Lipinski definition) is 10. The van der Waals surface area contributed by atoms with E-state index in [4.69, 9.17) is 18.9 Å². The topological polar surface area (TPSA) is 169 Å². The molecule has 0 saturated carbocycles. The second kappa shape index (κ2) is 33.9. The standard InChI is InChI=1S/C44H70O11/c1-3-5-7-9-11-13-15-17-19-21-22-24-26-28-30-32-37(45)52-34-36(35-53-44-41(49)39(47)40(48)42(55-44)43(50)51)54-38(46)33-31-29-27-25-23-20-18-16-14-12-10-8-6-4-2/h5,7,10-13,16-19,22,24,36,39-42,44,47-49H,3-4,6,8-9,14-15,20-21,23,25-35H2,1-2H3,(H,50,51)/b7-5-,12-10-,13-11-,18-16-,19-17-,24-22-. The number of carbonyl (C=O) groups excluding carboxylic acids is 2. The van der Waals surface area contributed by atoms with E-state index in [0.717, 1.165) is 83.5 Å². The zero-order valence-electron chi connectivity index (χ0n) is 33.4. The average Bonchev–Trinajstić information content (AvgIpc) is 3.17. The molecule has 55 heavy (non-hydrogen) atoms. The van der Waals surface area contributed by atoms with E-state index < -0.39 is 61.3 Å². The number of unbranched alkanes of at least 4 members (excludes halogenated alkanes) is 9. The Kier molecular flexibility index (Phi) is 30.7. The van der Waals surface area contributed by atoms with Crippen LogP contribution >= 0.6 is 0 Å². The number of carboxylic acid groups (broad SMARTS) is 1. The van der Waals surface area contributed by atoms with Gasteiger partial charge in [-0.15, -0.1) is 0 Å². The SMILES string of the molecule is CC/C=C\C/C=C\C/C=C\C/C=C\CCCCC(=O)OCC(COC1OC(C(=O)O)C(O)C(O)C1O)OC(=O)CCCCCCC/C=C\C/C=C\CCCC. The Bertz CT molecular complexity index is 1190. The van der Waals surface area contributed by atoms with Gasteiger partial charge in [-0.3, -0.25) is 9.59 Å². The second-order valence-corrected chi connectivity index (χ2v) is 13.7. The first kappa shape index (κ1) is 49.7. The van der Waals surface area contributed by atoms with Crippen LogP contribution in [0.5, 0.6) is 0 Å². The number of aliphatic hydroxyl groups is 3. The van der Waals surface area contributed by atoms with E-state index in [9.17, 15) is 34.8 Å². The van der Waals surface area contributed by atoms with E-state index in [1.807, 2.05) is 0 Å². The summed E-state index contributed by atoms with van der Waals surface area (Å²) in [6, 6.07) is 0. The summed E-state index contributed by atoms with van der Waals surface area (Å²) < 4.78 is 21.6. The molecule has 0 spiro atoms. The minimum Gasteiger partial charge on any atom is -0.479 e. The fraction of sp³-hybridized carbons (Fsp3) is 0.659. The van der Waals surface area contributed by atoms with Crippen molar-refractivity contribution in [1.82, 2.24) is 0 Å². The van der Waals surface area contributed by atoms with E-state index >= 15 is 0 Å². The molecule has 1 rings (SSSR count). The van der Waals surface area contributed by atoms with Crippen molar-refractivity contribution in [2.75, 3.05) is 13.2 Å². The molecule has 0 aliphatic carbocycles. The van der Waals surface area contributed by atoms with Crippen molar-refractivity contribution in [2.24, 2.45) is 0 Å². The van der Waals surface area contributed by atoms with E-state index in [-0.39, 0.29) is 19.4 Å². The van der Waals surface area contributed by atoms with Crippen LogP contribution in [0.25, 0.3) is 0 Å². The molecule has 312 valence electrons. The van der Waals surface area contributed by atoms with Crippen LogP contribution in [-0.4, -0.2) is 88.4 Å². The van der Waals surface area contributed by atoms with Gasteiger partial charge >= 0.3 is 17.9 Å². The van der Waals surface area contributed by atoms with Gasteiger partial charge in [0.25, 0.3) is 0 Å². The van der Waals surface area contributed by atoms with Crippen molar-refractivity contribution in [2.45, 2.75) is 173 Å². The van der Waals surface area contributed by atoms with Crippen LogP contribution in [0.15, 0.2) is 72.9 Å². The second-order valence-electron chi connectivity index (χ2n) is 13.7. The quantitative estimate of drug-likeness (QED) is 0.0296. The number of aliphatic hydroxyl groups excluding tert-OH is 3. The van der Waals surface area contributed by atoms with Gasteiger partial charge in [-0.2, -0.15) is 0 Å². The zero-order valence-corrected chi connectivity index (χ0v) is 33.4. The first-order valence-electron chi connectivity index (χ1n) is 20.5. The summed E-state index contributed by atoms with van der Waals surface area (Å²) in [4.78, 5) is 36.7. The minimum atomic E-state index is -1.87. The molecule has 1 saturated heterocycles. The average molecular weight is 775 g/mol. The fourth-order valence-electron chi connectivity index (χ4n) is 5.53. The maximum absolute atomic E-state index is 12.7. The fourth-order valence-corrected chi connectivity index (χ4v) is 5.53. The predicted octanol–water partition coefficient (Wildman–Crippen LogP) is 8.14. The molecule has 11 nitrogen and oxygen atoms in total. The number of rotatable bonds is 32. The number of hydrogen-bond donors (Lipinski definition) is 4. The van der Waals surface area contributed by atoms with Crippen LogP contribution in [0.2, 0.25) is 0 Å². The van der Waals surface area contributed by atoms with Gasteiger partial charge in [0, 0.05) is 12.8 Å². The van der Waals surface area contributed by atoms with Gasteiger partial charge in [0.1, 0.15) is 24.9 Å². The molecule has 0 aromatic carbocycles. The number of carboxylic acids is 1. The monoisotopic (exact) mass is 774 g/mol. The Balaban J connectivity index is 2.47. The third-order valence-corrected chi connectivity index (χ3v) is 8.79. The third-order valence-electron chi connectivity index (χ3n) is 8.79. The van der Waals surface area contributed by atoms with Crippen molar-refractivity contribution in [3.63, 3.8) is 0 Å². The number of allylic oxidation sites excluding steroid dienone is 12. The third kappa shape index (κ3) is 26.2. The van der Waals surface area contributed by atoms with Crippen LogP contribution in [0.4, 0.5) is 0 Å². The number of carbonyl (C=O) groups is 3. The molecule has 1 aliphatic heterocycles. The molecule has 6 atom stereocenters. The Morgan fingerprint density at radius 1 is 0.582 bits per heavy atom. The lowest BCUT2D eigenvalue weighted by atomic mass is 9.99. The van der Waals surface area contributed by atoms with Gasteiger partial charge in [0.15, 0.2) is 18.5 Å². The molecule has 0 radical (unpaired) electrons. The summed E-state index contributed by atoms with van der Waals surface area (Å²) in [7, 11) is 0. The van der Waals surface area contributed by atoms with Crippen LogP contribution in [0.1, 0.15) is 136 Å². The lowest BCUT2D eigenvalue weighted by molar-refractivity contribution is -0.298. The Hall–Kier alpha value is -3.35. The molecule has 4 N–H and O–H groups in total. The van der Waals surface area contributed by atoms with Gasteiger partial charge in [0.2, 0.25) is 0 Å². The molecular formula is C44H70O11. The largest absolute Gasteiger partial charge is 0.479 e. The van der Waals surface area contributed by atoms with Gasteiger partial charge in [-0.1, -0.05) is 119 Å². The molecule has 6 unspecified atom stereocenters. The summed E-state index contributed by atoms with van der Waals surface area (Å²) in [6.07, 6.45) is 32.4. The summed E-state index contributed by atoms with van der Waals surface area (Å²) in [5, 5.41) is 39.7. The first-order valence-corrected chi connectivity index (χ1v) is 20.5. The summed E-state index contributed by atoms with van der Waals surface area (Å²) >= 11 is 0. The van der Waals surface area contributed by atoms with Crippen molar-refractivity contribution >= 4 is 17.9 Å². The van der Waals surface area contributed by atoms with Crippen molar-refractivity contribution < 1.29 is 53.8 Å². The molecular weight excluding hydrogens is 704 g/mol.